The van der Waals surface area contributed by atoms with Crippen LogP contribution in [0.2, 0.25) is 0 Å². The van der Waals surface area contributed by atoms with Crippen LogP contribution in [0.4, 0.5) is 0 Å². The highest BCUT2D eigenvalue weighted by molar-refractivity contribution is 7.91. The lowest BCUT2D eigenvalue weighted by atomic mass is 10.2. The number of nitrogens with zero attached hydrogens (tertiary/aromatic N) is 1. The fourth-order valence-electron chi connectivity index (χ4n) is 2.22. The number of rotatable bonds is 7. The van der Waals surface area contributed by atoms with Crippen molar-refractivity contribution in [1.29, 1.82) is 0 Å². The predicted molar refractivity (Wildman–Crippen MR) is 83.0 cm³/mol. The number of hydrogen-bond donors (Lipinski definition) is 1. The minimum Gasteiger partial charge on any atom is -0.375 e. The van der Waals surface area contributed by atoms with Gasteiger partial charge in [0.25, 0.3) is 0 Å². The van der Waals surface area contributed by atoms with Gasteiger partial charge in [-0.05, 0) is 33.7 Å². The lowest BCUT2D eigenvalue weighted by molar-refractivity contribution is -0.123. The molecule has 0 unspecified atom stereocenters. The normalized spacial score (nSPS) is 21.7. The Labute approximate surface area is 128 Å². The third kappa shape index (κ3) is 7.78. The van der Waals surface area contributed by atoms with E-state index in [2.05, 4.69) is 5.32 Å². The van der Waals surface area contributed by atoms with Crippen molar-refractivity contribution in [2.24, 2.45) is 0 Å². The average molecular weight is 320 g/mol. The van der Waals surface area contributed by atoms with Crippen molar-refractivity contribution in [1.82, 2.24) is 10.2 Å². The van der Waals surface area contributed by atoms with E-state index < -0.39 is 9.84 Å². The van der Waals surface area contributed by atoms with E-state index in [-0.39, 0.29) is 35.6 Å². The van der Waals surface area contributed by atoms with Crippen LogP contribution in [0, 0.1) is 0 Å². The van der Waals surface area contributed by atoms with Crippen LogP contribution in [0.15, 0.2) is 0 Å². The van der Waals surface area contributed by atoms with Crippen LogP contribution in [-0.2, 0) is 19.4 Å². The Morgan fingerprint density at radius 3 is 2.52 bits per heavy atom. The first-order valence-corrected chi connectivity index (χ1v) is 9.29. The summed E-state index contributed by atoms with van der Waals surface area (Å²) in [6.45, 7) is 10.3. The molecule has 21 heavy (non-hydrogen) atoms. The molecule has 1 saturated heterocycles. The van der Waals surface area contributed by atoms with Gasteiger partial charge in [0, 0.05) is 12.6 Å². The van der Waals surface area contributed by atoms with Crippen LogP contribution in [0.25, 0.3) is 0 Å². The van der Waals surface area contributed by atoms with Gasteiger partial charge >= 0.3 is 0 Å². The van der Waals surface area contributed by atoms with Gasteiger partial charge in [0.15, 0.2) is 9.84 Å². The van der Waals surface area contributed by atoms with Crippen LogP contribution in [0.1, 0.15) is 34.1 Å². The molecule has 0 bridgehead atoms. The summed E-state index contributed by atoms with van der Waals surface area (Å²) >= 11 is 0. The second kappa shape index (κ2) is 7.56. The lowest BCUT2D eigenvalue weighted by Crippen LogP contribution is -2.43. The van der Waals surface area contributed by atoms with Crippen LogP contribution in [0.3, 0.4) is 0 Å². The molecule has 124 valence electrons. The van der Waals surface area contributed by atoms with Gasteiger partial charge in [0.05, 0.1) is 30.3 Å². The summed E-state index contributed by atoms with van der Waals surface area (Å²) in [4.78, 5) is 13.9. The maximum Gasteiger partial charge on any atom is 0.234 e. The summed E-state index contributed by atoms with van der Waals surface area (Å²) in [7, 11) is -2.95. The number of sulfone groups is 1. The van der Waals surface area contributed by atoms with Gasteiger partial charge < -0.3 is 10.1 Å². The molecular formula is C14H28N2O4S. The molecule has 6 nitrogen and oxygen atoms in total. The molecule has 1 aliphatic heterocycles. The molecule has 0 saturated carbocycles. The molecule has 1 aliphatic rings. The number of nitrogens with one attached hydrogen (secondary N) is 1. The third-order valence-corrected chi connectivity index (χ3v) is 5.12. The Morgan fingerprint density at radius 2 is 2.05 bits per heavy atom. The highest BCUT2D eigenvalue weighted by atomic mass is 32.2. The zero-order chi connectivity index (χ0) is 16.1. The SMILES string of the molecule is CCN(CCOC(C)(C)C)CC(=O)N[C@H]1CCS(=O)(=O)C1. The molecule has 0 aromatic heterocycles. The van der Waals surface area contributed by atoms with E-state index in [4.69, 9.17) is 4.74 Å². The molecule has 7 heteroatoms. The van der Waals surface area contributed by atoms with Crippen molar-refractivity contribution < 1.29 is 17.9 Å². The molecule has 0 radical (unpaired) electrons. The van der Waals surface area contributed by atoms with Crippen molar-refractivity contribution in [3.8, 4) is 0 Å². The van der Waals surface area contributed by atoms with Crippen molar-refractivity contribution in [3.63, 3.8) is 0 Å². The maximum atomic E-state index is 12.0. The van der Waals surface area contributed by atoms with Crippen LogP contribution < -0.4 is 5.32 Å². The van der Waals surface area contributed by atoms with Gasteiger partial charge in [-0.3, -0.25) is 9.69 Å². The summed E-state index contributed by atoms with van der Waals surface area (Å²) in [6, 6.07) is -0.230. The van der Waals surface area contributed by atoms with Gasteiger partial charge in [-0.1, -0.05) is 6.92 Å². The van der Waals surface area contributed by atoms with Crippen LogP contribution in [-0.4, -0.2) is 68.6 Å². The smallest absolute Gasteiger partial charge is 0.234 e. The zero-order valence-electron chi connectivity index (χ0n) is 13.5. The molecule has 0 aliphatic carbocycles. The number of ether oxygens (including phenoxy) is 1. The first kappa shape index (κ1) is 18.4. The van der Waals surface area contributed by atoms with E-state index in [9.17, 15) is 13.2 Å². The summed E-state index contributed by atoms with van der Waals surface area (Å²) < 4.78 is 28.4. The standard InChI is InChI=1S/C14H28N2O4S/c1-5-16(7-8-20-14(2,3)4)10-13(17)15-12-6-9-21(18,19)11-12/h12H,5-11H2,1-4H3,(H,15,17)/t12-/m0/s1. The highest BCUT2D eigenvalue weighted by Crippen LogP contribution is 2.11. The average Bonchev–Trinajstić information content (AvgIpc) is 2.65. The van der Waals surface area contributed by atoms with E-state index in [1.807, 2.05) is 32.6 Å². The number of carbonyl (C=O) groups is 1. The zero-order valence-corrected chi connectivity index (χ0v) is 14.3. The molecule has 0 aromatic rings. The minimum atomic E-state index is -2.95. The highest BCUT2D eigenvalue weighted by Gasteiger charge is 2.29. The summed E-state index contributed by atoms with van der Waals surface area (Å²) in [6.07, 6.45) is 0.521. The van der Waals surface area contributed by atoms with E-state index in [0.717, 1.165) is 6.54 Å². The molecule has 1 amide bonds. The second-order valence-electron chi connectivity index (χ2n) is 6.50. The summed E-state index contributed by atoms with van der Waals surface area (Å²) in [5.41, 5.74) is -0.181. The number of amides is 1. The Bertz CT molecular complexity index is 442. The van der Waals surface area contributed by atoms with Gasteiger partial charge in [0.1, 0.15) is 0 Å². The third-order valence-electron chi connectivity index (χ3n) is 3.35. The topological polar surface area (TPSA) is 75.7 Å². The largest absolute Gasteiger partial charge is 0.375 e. The molecule has 0 spiro atoms. The molecular weight excluding hydrogens is 292 g/mol. The second-order valence-corrected chi connectivity index (χ2v) is 8.73. The van der Waals surface area contributed by atoms with Crippen LogP contribution >= 0.6 is 0 Å². The number of likely N-dealkylation sites (N-methyl/N-ethyl adjacent to an activating group) is 1. The maximum absolute atomic E-state index is 12.0. The van der Waals surface area contributed by atoms with E-state index >= 15 is 0 Å². The Hall–Kier alpha value is -0.660. The van der Waals surface area contributed by atoms with Gasteiger partial charge in [-0.25, -0.2) is 8.42 Å². The van der Waals surface area contributed by atoms with Gasteiger partial charge in [-0.15, -0.1) is 0 Å². The van der Waals surface area contributed by atoms with Crippen molar-refractivity contribution in [2.75, 3.05) is 37.7 Å². The number of carbonyl (C=O) groups excluding carboxylic acids is 1. The van der Waals surface area contributed by atoms with Crippen LogP contribution in [0.5, 0.6) is 0 Å². The van der Waals surface area contributed by atoms with Crippen molar-refractivity contribution in [3.05, 3.63) is 0 Å². The molecule has 1 atom stereocenters. The Morgan fingerprint density at radius 1 is 1.38 bits per heavy atom. The molecule has 1 N–H and O–H groups in total. The van der Waals surface area contributed by atoms with Gasteiger partial charge in [0.2, 0.25) is 5.91 Å². The summed E-state index contributed by atoms with van der Waals surface area (Å²) in [5, 5.41) is 2.81. The fraction of sp³-hybridized carbons (Fsp3) is 0.929. The van der Waals surface area contributed by atoms with E-state index in [1.165, 1.54) is 0 Å². The molecule has 1 rings (SSSR count). The minimum absolute atomic E-state index is 0.0675. The monoisotopic (exact) mass is 320 g/mol. The van der Waals surface area contributed by atoms with E-state index in [0.29, 0.717) is 19.6 Å². The Kier molecular flexibility index (Phi) is 6.62. The summed E-state index contributed by atoms with van der Waals surface area (Å²) in [5.74, 6) is 0.127. The lowest BCUT2D eigenvalue weighted by Gasteiger charge is -2.24. The quantitative estimate of drug-likeness (QED) is 0.736. The predicted octanol–water partition coefficient (Wildman–Crippen LogP) is 0.427. The molecule has 1 fully saturated rings. The number of hydrogen-bond acceptors (Lipinski definition) is 5. The van der Waals surface area contributed by atoms with Gasteiger partial charge in [-0.2, -0.15) is 0 Å². The molecule has 0 aromatic carbocycles. The first-order valence-electron chi connectivity index (χ1n) is 7.47. The first-order chi connectivity index (χ1) is 9.61. The molecule has 1 heterocycles. The van der Waals surface area contributed by atoms with E-state index in [1.54, 1.807) is 0 Å². The fourth-order valence-corrected chi connectivity index (χ4v) is 3.89. The van der Waals surface area contributed by atoms with Crippen molar-refractivity contribution in [2.45, 2.75) is 45.8 Å². The van der Waals surface area contributed by atoms with Crippen molar-refractivity contribution >= 4 is 15.7 Å². The Balaban J connectivity index is 2.31.